The highest BCUT2D eigenvalue weighted by Crippen LogP contribution is 2.29. The van der Waals surface area contributed by atoms with Crippen molar-refractivity contribution in [1.82, 2.24) is 9.88 Å². The Morgan fingerprint density at radius 2 is 1.92 bits per heavy atom. The molecule has 1 amide bonds. The zero-order valence-corrected chi connectivity index (χ0v) is 14.4. The number of hydrogen-bond donors (Lipinski definition) is 2. The third-order valence-electron chi connectivity index (χ3n) is 4.87. The van der Waals surface area contributed by atoms with Crippen LogP contribution < -0.4 is 5.32 Å². The largest absolute Gasteiger partial charge is 0.351 e. The fraction of sp³-hybridized carbons (Fsp3) is 0.250. The Balaban J connectivity index is 1.57. The maximum absolute atomic E-state index is 13.3. The summed E-state index contributed by atoms with van der Waals surface area (Å²) in [4.78, 5) is 17.8. The summed E-state index contributed by atoms with van der Waals surface area (Å²) in [5.41, 5.74) is 2.56. The number of halogens is 2. The van der Waals surface area contributed by atoms with Gasteiger partial charge in [-0.1, -0.05) is 6.07 Å². The molecular formula is C20H19F2N3O. The fourth-order valence-corrected chi connectivity index (χ4v) is 3.56. The van der Waals surface area contributed by atoms with E-state index in [4.69, 9.17) is 0 Å². The molecule has 2 N–H and O–H groups in total. The molecule has 1 aromatic heterocycles. The van der Waals surface area contributed by atoms with E-state index in [1.807, 2.05) is 6.07 Å². The number of benzene rings is 2. The molecule has 2 heterocycles. The summed E-state index contributed by atoms with van der Waals surface area (Å²) < 4.78 is 26.5. The Kier molecular flexibility index (Phi) is 4.20. The molecule has 6 heteroatoms. The Labute approximate surface area is 149 Å². The van der Waals surface area contributed by atoms with Crippen molar-refractivity contribution in [3.05, 3.63) is 65.4 Å². The Hall–Kier alpha value is -2.73. The smallest absolute Gasteiger partial charge is 0.272 e. The van der Waals surface area contributed by atoms with Crippen LogP contribution in [0.5, 0.6) is 0 Å². The van der Waals surface area contributed by atoms with Gasteiger partial charge < -0.3 is 15.2 Å². The first-order chi connectivity index (χ1) is 12.5. The number of H-pyrrole nitrogens is 1. The SMILES string of the molecule is CN1CC[C@H](c2ccc3[nH]c(C(=O)Nc4cc(F)cc(F)c4)cc3c2)C1. The zero-order valence-electron chi connectivity index (χ0n) is 14.4. The molecule has 1 saturated heterocycles. The maximum atomic E-state index is 13.3. The number of anilines is 1. The predicted molar refractivity (Wildman–Crippen MR) is 97.5 cm³/mol. The number of carbonyl (C=O) groups excluding carboxylic acids is 1. The average Bonchev–Trinajstić information content (AvgIpc) is 3.19. The summed E-state index contributed by atoms with van der Waals surface area (Å²) in [5, 5.41) is 3.47. The highest BCUT2D eigenvalue weighted by Gasteiger charge is 2.21. The Morgan fingerprint density at radius 1 is 1.15 bits per heavy atom. The highest BCUT2D eigenvalue weighted by atomic mass is 19.1. The summed E-state index contributed by atoms with van der Waals surface area (Å²) in [5.74, 6) is -1.40. The number of carbonyl (C=O) groups is 1. The van der Waals surface area contributed by atoms with Crippen LogP contribution in [0.3, 0.4) is 0 Å². The van der Waals surface area contributed by atoms with E-state index in [0.717, 1.165) is 48.6 Å². The summed E-state index contributed by atoms with van der Waals surface area (Å²) in [6.45, 7) is 2.13. The van der Waals surface area contributed by atoms with Crippen LogP contribution >= 0.6 is 0 Å². The van der Waals surface area contributed by atoms with E-state index >= 15 is 0 Å². The van der Waals surface area contributed by atoms with Gasteiger partial charge in [-0.15, -0.1) is 0 Å². The van der Waals surface area contributed by atoms with Crippen LogP contribution in [0.2, 0.25) is 0 Å². The highest BCUT2D eigenvalue weighted by molar-refractivity contribution is 6.06. The number of nitrogens with zero attached hydrogens (tertiary/aromatic N) is 1. The summed E-state index contributed by atoms with van der Waals surface area (Å²) in [6, 6.07) is 10.9. The van der Waals surface area contributed by atoms with Crippen LogP contribution in [0.1, 0.15) is 28.4 Å². The molecule has 1 atom stereocenters. The van der Waals surface area contributed by atoms with Gasteiger partial charge in [0.25, 0.3) is 5.91 Å². The molecule has 1 fully saturated rings. The minimum absolute atomic E-state index is 0.0841. The van der Waals surface area contributed by atoms with Gasteiger partial charge in [0.1, 0.15) is 17.3 Å². The molecule has 26 heavy (non-hydrogen) atoms. The van der Waals surface area contributed by atoms with Gasteiger partial charge in [0.05, 0.1) is 0 Å². The van der Waals surface area contributed by atoms with Crippen molar-refractivity contribution in [2.45, 2.75) is 12.3 Å². The Bertz CT molecular complexity index is 962. The quantitative estimate of drug-likeness (QED) is 0.743. The van der Waals surface area contributed by atoms with Gasteiger partial charge in [-0.3, -0.25) is 4.79 Å². The molecule has 4 rings (SSSR count). The second-order valence-electron chi connectivity index (χ2n) is 6.89. The van der Waals surface area contributed by atoms with Gasteiger partial charge in [-0.25, -0.2) is 8.78 Å². The molecule has 0 radical (unpaired) electrons. The van der Waals surface area contributed by atoms with Crippen LogP contribution in [-0.2, 0) is 0 Å². The molecule has 3 aromatic rings. The lowest BCUT2D eigenvalue weighted by Gasteiger charge is -2.10. The van der Waals surface area contributed by atoms with Crippen molar-refractivity contribution in [3.8, 4) is 0 Å². The van der Waals surface area contributed by atoms with E-state index < -0.39 is 17.5 Å². The van der Waals surface area contributed by atoms with Crippen LogP contribution in [0.15, 0.2) is 42.5 Å². The van der Waals surface area contributed by atoms with Crippen LogP contribution in [-0.4, -0.2) is 35.9 Å². The van der Waals surface area contributed by atoms with Crippen LogP contribution in [0.25, 0.3) is 10.9 Å². The number of aromatic nitrogens is 1. The number of hydrogen-bond acceptors (Lipinski definition) is 2. The van der Waals surface area contributed by atoms with E-state index in [0.29, 0.717) is 11.6 Å². The number of likely N-dealkylation sites (N-methyl/N-ethyl adjacent to an activating group) is 1. The number of aromatic amines is 1. The first-order valence-electron chi connectivity index (χ1n) is 8.56. The van der Waals surface area contributed by atoms with Gasteiger partial charge in [0.15, 0.2) is 0 Å². The lowest BCUT2D eigenvalue weighted by atomic mass is 9.97. The van der Waals surface area contributed by atoms with Gasteiger partial charge in [-0.2, -0.15) is 0 Å². The molecule has 0 spiro atoms. The third-order valence-corrected chi connectivity index (χ3v) is 4.87. The second kappa shape index (κ2) is 6.53. The predicted octanol–water partition coefficient (Wildman–Crippen LogP) is 4.12. The van der Waals surface area contributed by atoms with Crippen LogP contribution in [0, 0.1) is 11.6 Å². The maximum Gasteiger partial charge on any atom is 0.272 e. The second-order valence-corrected chi connectivity index (χ2v) is 6.89. The van der Waals surface area contributed by atoms with Gasteiger partial charge in [0, 0.05) is 29.2 Å². The first kappa shape index (κ1) is 16.7. The lowest BCUT2D eigenvalue weighted by molar-refractivity contribution is 0.102. The molecule has 2 aromatic carbocycles. The number of likely N-dealkylation sites (tertiary alicyclic amines) is 1. The van der Waals surface area contributed by atoms with Crippen molar-refractivity contribution in [1.29, 1.82) is 0 Å². The zero-order chi connectivity index (χ0) is 18.3. The van der Waals surface area contributed by atoms with Gasteiger partial charge in [-0.05, 0) is 61.8 Å². The molecule has 4 nitrogen and oxygen atoms in total. The fourth-order valence-electron chi connectivity index (χ4n) is 3.56. The normalized spacial score (nSPS) is 17.7. The Morgan fingerprint density at radius 3 is 2.62 bits per heavy atom. The lowest BCUT2D eigenvalue weighted by Crippen LogP contribution is -2.13. The van der Waals surface area contributed by atoms with Crippen molar-refractivity contribution >= 4 is 22.5 Å². The number of fused-ring (bicyclic) bond motifs is 1. The van der Waals surface area contributed by atoms with Crippen molar-refractivity contribution in [3.63, 3.8) is 0 Å². The van der Waals surface area contributed by atoms with Crippen molar-refractivity contribution < 1.29 is 13.6 Å². The summed E-state index contributed by atoms with van der Waals surface area (Å²) >= 11 is 0. The molecule has 1 aliphatic heterocycles. The van der Waals surface area contributed by atoms with E-state index in [1.165, 1.54) is 5.56 Å². The van der Waals surface area contributed by atoms with E-state index in [-0.39, 0.29) is 5.69 Å². The number of rotatable bonds is 3. The minimum atomic E-state index is -0.733. The summed E-state index contributed by atoms with van der Waals surface area (Å²) in [7, 11) is 2.12. The monoisotopic (exact) mass is 355 g/mol. The van der Waals surface area contributed by atoms with Gasteiger partial charge >= 0.3 is 0 Å². The van der Waals surface area contributed by atoms with Crippen molar-refractivity contribution in [2.75, 3.05) is 25.5 Å². The van der Waals surface area contributed by atoms with E-state index in [9.17, 15) is 13.6 Å². The number of nitrogens with one attached hydrogen (secondary N) is 2. The first-order valence-corrected chi connectivity index (χ1v) is 8.56. The minimum Gasteiger partial charge on any atom is -0.351 e. The molecular weight excluding hydrogens is 336 g/mol. The molecule has 0 bridgehead atoms. The van der Waals surface area contributed by atoms with E-state index in [2.05, 4.69) is 34.4 Å². The van der Waals surface area contributed by atoms with E-state index in [1.54, 1.807) is 6.07 Å². The number of amides is 1. The van der Waals surface area contributed by atoms with Crippen molar-refractivity contribution in [2.24, 2.45) is 0 Å². The topological polar surface area (TPSA) is 48.1 Å². The molecule has 0 saturated carbocycles. The molecule has 0 unspecified atom stereocenters. The van der Waals surface area contributed by atoms with Gasteiger partial charge in [0.2, 0.25) is 0 Å². The average molecular weight is 355 g/mol. The van der Waals surface area contributed by atoms with Crippen LogP contribution in [0.4, 0.5) is 14.5 Å². The standard InChI is InChI=1S/C20H19F2N3O/c1-25-5-4-13(11-25)12-2-3-18-14(6-12)7-19(24-18)20(26)23-17-9-15(21)8-16(22)10-17/h2-3,6-10,13,24H,4-5,11H2,1H3,(H,23,26)/t13-/m0/s1. The summed E-state index contributed by atoms with van der Waals surface area (Å²) in [6.07, 6.45) is 1.13. The molecule has 0 aliphatic carbocycles. The molecule has 1 aliphatic rings. The molecule has 134 valence electrons. The third kappa shape index (κ3) is 3.32.